The number of nitrogens with one attached hydrogen (secondary N) is 1. The predicted octanol–water partition coefficient (Wildman–Crippen LogP) is 6.87. The van der Waals surface area contributed by atoms with E-state index in [2.05, 4.69) is 69.4 Å². The lowest BCUT2D eigenvalue weighted by atomic mass is 10.2. The van der Waals surface area contributed by atoms with Gasteiger partial charge in [-0.1, -0.05) is 66.7 Å². The molecule has 5 aromatic rings. The number of fused-ring (bicyclic) bond motifs is 3. The first-order chi connectivity index (χ1) is 13.6. The normalized spacial score (nSPS) is 9.89. The zero-order chi connectivity index (χ0) is 19.8. The summed E-state index contributed by atoms with van der Waals surface area (Å²) in [7, 11) is 0. The van der Waals surface area contributed by atoms with E-state index < -0.39 is 0 Å². The molecule has 1 heterocycles. The summed E-state index contributed by atoms with van der Waals surface area (Å²) in [6, 6.07) is 32.5. The van der Waals surface area contributed by atoms with E-state index in [0.717, 1.165) is 4.47 Å². The van der Waals surface area contributed by atoms with Crippen LogP contribution in [0, 0.1) is 0 Å². The van der Waals surface area contributed by atoms with E-state index in [4.69, 9.17) is 10.2 Å². The Morgan fingerprint density at radius 3 is 1.43 bits per heavy atom. The summed E-state index contributed by atoms with van der Waals surface area (Å²) in [4.78, 5) is 3.38. The Hall–Kier alpha value is -3.24. The van der Waals surface area contributed by atoms with Gasteiger partial charge in [0.2, 0.25) is 0 Å². The molecular formula is C24H20BrNO2. The lowest BCUT2D eigenvalue weighted by Gasteiger charge is -1.90. The quantitative estimate of drug-likeness (QED) is 0.249. The molecular weight excluding hydrogens is 414 g/mol. The fraction of sp³-hybridized carbons (Fsp3) is 0. The van der Waals surface area contributed by atoms with Crippen molar-refractivity contribution in [3.8, 4) is 11.5 Å². The van der Waals surface area contributed by atoms with Gasteiger partial charge in [-0.15, -0.1) is 0 Å². The number of benzene rings is 4. The van der Waals surface area contributed by atoms with Crippen molar-refractivity contribution in [3.05, 3.63) is 108 Å². The largest absolute Gasteiger partial charge is 0.508 e. The van der Waals surface area contributed by atoms with Crippen molar-refractivity contribution in [2.45, 2.75) is 0 Å². The fourth-order valence-corrected chi connectivity index (χ4v) is 2.96. The lowest BCUT2D eigenvalue weighted by molar-refractivity contribution is 0.472. The summed E-state index contributed by atoms with van der Waals surface area (Å²) in [6.07, 6.45) is 0. The molecule has 0 fully saturated rings. The van der Waals surface area contributed by atoms with Gasteiger partial charge >= 0.3 is 0 Å². The predicted molar refractivity (Wildman–Crippen MR) is 120 cm³/mol. The van der Waals surface area contributed by atoms with Crippen LogP contribution >= 0.6 is 15.9 Å². The maximum atomic E-state index is 8.87. The highest BCUT2D eigenvalue weighted by Crippen LogP contribution is 2.24. The molecule has 140 valence electrons. The van der Waals surface area contributed by atoms with Gasteiger partial charge in [0.25, 0.3) is 0 Å². The SMILES string of the molecule is Oc1ccccc1.Oc1ccccc1Br.c1ccc2c(c1)[nH]c1ccccc12. The average molecular weight is 434 g/mol. The first-order valence-corrected chi connectivity index (χ1v) is 9.57. The third-order valence-electron chi connectivity index (χ3n) is 4.02. The number of hydrogen-bond donors (Lipinski definition) is 3. The molecule has 0 saturated carbocycles. The van der Waals surface area contributed by atoms with E-state index in [1.165, 1.54) is 21.8 Å². The third-order valence-corrected chi connectivity index (χ3v) is 4.69. The number of phenolic OH excluding ortho intramolecular Hbond substituents is 2. The van der Waals surface area contributed by atoms with E-state index in [9.17, 15) is 0 Å². The molecule has 0 atom stereocenters. The number of aromatic amines is 1. The minimum Gasteiger partial charge on any atom is -0.508 e. The molecule has 3 nitrogen and oxygen atoms in total. The Morgan fingerprint density at radius 1 is 0.536 bits per heavy atom. The molecule has 0 amide bonds. The second-order valence-electron chi connectivity index (χ2n) is 6.00. The van der Waals surface area contributed by atoms with Crippen molar-refractivity contribution in [1.29, 1.82) is 0 Å². The zero-order valence-corrected chi connectivity index (χ0v) is 16.7. The number of aromatic nitrogens is 1. The number of phenols is 2. The van der Waals surface area contributed by atoms with Crippen molar-refractivity contribution in [2.24, 2.45) is 0 Å². The van der Waals surface area contributed by atoms with Crippen LogP contribution in [0.3, 0.4) is 0 Å². The van der Waals surface area contributed by atoms with Crippen LogP contribution in [0.15, 0.2) is 108 Å². The van der Waals surface area contributed by atoms with E-state index >= 15 is 0 Å². The number of para-hydroxylation sites is 4. The van der Waals surface area contributed by atoms with Crippen molar-refractivity contribution < 1.29 is 10.2 Å². The number of rotatable bonds is 0. The molecule has 0 unspecified atom stereocenters. The van der Waals surface area contributed by atoms with Gasteiger partial charge in [0, 0.05) is 21.8 Å². The Balaban J connectivity index is 0.000000130. The van der Waals surface area contributed by atoms with Crippen molar-refractivity contribution in [3.63, 3.8) is 0 Å². The van der Waals surface area contributed by atoms with Gasteiger partial charge in [0.15, 0.2) is 0 Å². The zero-order valence-electron chi connectivity index (χ0n) is 15.1. The van der Waals surface area contributed by atoms with E-state index in [0.29, 0.717) is 5.75 Å². The fourth-order valence-electron chi connectivity index (χ4n) is 2.68. The van der Waals surface area contributed by atoms with Crippen molar-refractivity contribution in [1.82, 2.24) is 4.98 Å². The molecule has 5 rings (SSSR count). The maximum Gasteiger partial charge on any atom is 0.129 e. The molecule has 3 N–H and O–H groups in total. The van der Waals surface area contributed by atoms with Crippen molar-refractivity contribution in [2.75, 3.05) is 0 Å². The Labute approximate surface area is 172 Å². The second-order valence-corrected chi connectivity index (χ2v) is 6.86. The van der Waals surface area contributed by atoms with E-state index in [-0.39, 0.29) is 5.75 Å². The third kappa shape index (κ3) is 5.15. The average Bonchev–Trinajstić information content (AvgIpc) is 3.11. The van der Waals surface area contributed by atoms with Gasteiger partial charge in [-0.05, 0) is 52.3 Å². The Kier molecular flexibility index (Phi) is 6.71. The molecule has 4 aromatic carbocycles. The minimum atomic E-state index is 0.285. The van der Waals surface area contributed by atoms with Crippen LogP contribution in [0.5, 0.6) is 11.5 Å². The summed E-state index contributed by atoms with van der Waals surface area (Å²) >= 11 is 3.15. The standard InChI is InChI=1S/C12H9N.C6H5BrO.C6H6O/c1-3-7-11-9(5-1)10-6-2-4-8-12(10)13-11;7-5-3-1-2-4-6(5)8;7-6-4-2-1-3-5-6/h1-8,13H;1-4,8H;1-5,7H. The highest BCUT2D eigenvalue weighted by molar-refractivity contribution is 9.10. The highest BCUT2D eigenvalue weighted by Gasteiger charge is 2.00. The molecule has 28 heavy (non-hydrogen) atoms. The lowest BCUT2D eigenvalue weighted by Crippen LogP contribution is -1.63. The van der Waals surface area contributed by atoms with Gasteiger partial charge in [-0.25, -0.2) is 0 Å². The molecule has 1 aromatic heterocycles. The molecule has 0 aliphatic carbocycles. The molecule has 0 spiro atoms. The van der Waals surface area contributed by atoms with Crippen LogP contribution in [0.25, 0.3) is 21.8 Å². The first-order valence-electron chi connectivity index (χ1n) is 8.78. The molecule has 0 saturated heterocycles. The first kappa shape index (κ1) is 19.5. The van der Waals surface area contributed by atoms with Crippen molar-refractivity contribution >= 4 is 37.7 Å². The van der Waals surface area contributed by atoms with Gasteiger partial charge in [0.1, 0.15) is 11.5 Å². The van der Waals surface area contributed by atoms with Gasteiger partial charge in [-0.3, -0.25) is 0 Å². The molecule has 4 heteroatoms. The van der Waals surface area contributed by atoms with Crippen LogP contribution < -0.4 is 0 Å². The van der Waals surface area contributed by atoms with E-state index in [1.54, 1.807) is 42.5 Å². The summed E-state index contributed by atoms with van der Waals surface area (Å²) in [6.45, 7) is 0. The minimum absolute atomic E-state index is 0.285. The van der Waals surface area contributed by atoms with E-state index in [1.807, 2.05) is 12.1 Å². The monoisotopic (exact) mass is 433 g/mol. The summed E-state index contributed by atoms with van der Waals surface area (Å²) in [5.74, 6) is 0.606. The maximum absolute atomic E-state index is 8.87. The van der Waals surface area contributed by atoms with Crippen LogP contribution in [-0.2, 0) is 0 Å². The molecule has 0 radical (unpaired) electrons. The van der Waals surface area contributed by atoms with Gasteiger partial charge < -0.3 is 15.2 Å². The second kappa shape index (κ2) is 9.62. The van der Waals surface area contributed by atoms with Crippen LogP contribution in [0.4, 0.5) is 0 Å². The summed E-state index contributed by atoms with van der Waals surface area (Å²) in [5, 5.41) is 20.1. The summed E-state index contributed by atoms with van der Waals surface area (Å²) < 4.78 is 0.736. The molecule has 0 aliphatic heterocycles. The van der Waals surface area contributed by atoms with Crippen LogP contribution in [0.2, 0.25) is 0 Å². The smallest absolute Gasteiger partial charge is 0.129 e. The summed E-state index contributed by atoms with van der Waals surface area (Å²) in [5.41, 5.74) is 2.42. The number of halogens is 1. The topological polar surface area (TPSA) is 56.2 Å². The Bertz CT molecular complexity index is 1080. The molecule has 0 aliphatic rings. The highest BCUT2D eigenvalue weighted by atomic mass is 79.9. The van der Waals surface area contributed by atoms with Gasteiger partial charge in [-0.2, -0.15) is 0 Å². The molecule has 0 bridgehead atoms. The van der Waals surface area contributed by atoms with Crippen LogP contribution in [-0.4, -0.2) is 15.2 Å². The Morgan fingerprint density at radius 2 is 1.00 bits per heavy atom. The number of hydrogen-bond acceptors (Lipinski definition) is 2. The van der Waals surface area contributed by atoms with Crippen LogP contribution in [0.1, 0.15) is 0 Å². The van der Waals surface area contributed by atoms with Gasteiger partial charge in [0.05, 0.1) is 4.47 Å². The number of H-pyrrole nitrogens is 1. The number of aromatic hydroxyl groups is 2.